The van der Waals surface area contributed by atoms with Crippen molar-refractivity contribution in [1.29, 1.82) is 0 Å². The van der Waals surface area contributed by atoms with Gasteiger partial charge in [-0.25, -0.2) is 4.79 Å². The van der Waals surface area contributed by atoms with Crippen LogP contribution in [0.25, 0.3) is 21.5 Å². The number of rotatable bonds is 3. The Morgan fingerprint density at radius 2 is 1.54 bits per heavy atom. The summed E-state index contributed by atoms with van der Waals surface area (Å²) in [6, 6.07) is 16.8. The second-order valence-corrected chi connectivity index (χ2v) is 6.60. The third-order valence-electron chi connectivity index (χ3n) is 5.09. The van der Waals surface area contributed by atoms with Gasteiger partial charge in [-0.15, -0.1) is 0 Å². The molecule has 0 amide bonds. The van der Waals surface area contributed by atoms with Crippen molar-refractivity contribution < 1.29 is 14.3 Å². The fraction of sp³-hybridized carbons (Fsp3) is 0.286. The number of hydrogen-bond donors (Lipinski definition) is 0. The average Bonchev–Trinajstić information content (AvgIpc) is 2.94. The van der Waals surface area contributed by atoms with Gasteiger partial charge in [0.15, 0.2) is 5.60 Å². The Hall–Kier alpha value is -2.39. The molecule has 0 spiro atoms. The third-order valence-corrected chi connectivity index (χ3v) is 5.09. The minimum absolute atomic E-state index is 0.261. The van der Waals surface area contributed by atoms with E-state index in [1.807, 2.05) is 19.1 Å². The molecule has 1 aliphatic heterocycles. The van der Waals surface area contributed by atoms with Gasteiger partial charge in [-0.1, -0.05) is 48.5 Å². The van der Waals surface area contributed by atoms with Crippen LogP contribution in [-0.2, 0) is 20.9 Å². The van der Waals surface area contributed by atoms with E-state index in [4.69, 9.17) is 9.47 Å². The summed E-state index contributed by atoms with van der Waals surface area (Å²) in [4.78, 5) is 12.0. The molecule has 0 aromatic heterocycles. The first kappa shape index (κ1) is 15.2. The molecule has 1 aliphatic rings. The SMILES string of the molecule is Cc1c2ccccc2c(COC2(C)CCOC2=O)c2ccccc12. The molecule has 0 N–H and O–H groups in total. The molecule has 0 aliphatic carbocycles. The van der Waals surface area contributed by atoms with Gasteiger partial charge in [0.25, 0.3) is 0 Å². The third kappa shape index (κ3) is 2.28. The average molecular weight is 320 g/mol. The van der Waals surface area contributed by atoms with E-state index in [2.05, 4.69) is 43.3 Å². The minimum atomic E-state index is -0.840. The lowest BCUT2D eigenvalue weighted by molar-refractivity contribution is -0.158. The molecule has 3 aromatic carbocycles. The second kappa shape index (κ2) is 5.60. The van der Waals surface area contributed by atoms with Crippen LogP contribution in [0.5, 0.6) is 0 Å². The van der Waals surface area contributed by atoms with Crippen molar-refractivity contribution in [3.8, 4) is 0 Å². The molecule has 1 saturated heterocycles. The number of fused-ring (bicyclic) bond motifs is 2. The molecule has 0 saturated carbocycles. The highest BCUT2D eigenvalue weighted by atomic mass is 16.6. The van der Waals surface area contributed by atoms with Crippen LogP contribution in [0.4, 0.5) is 0 Å². The van der Waals surface area contributed by atoms with Crippen LogP contribution in [0.1, 0.15) is 24.5 Å². The summed E-state index contributed by atoms with van der Waals surface area (Å²) in [5.74, 6) is -0.261. The molecule has 1 atom stereocenters. The predicted molar refractivity (Wildman–Crippen MR) is 95.0 cm³/mol. The maximum absolute atomic E-state index is 12.0. The van der Waals surface area contributed by atoms with E-state index in [9.17, 15) is 4.79 Å². The molecule has 1 fully saturated rings. The van der Waals surface area contributed by atoms with Gasteiger partial charge >= 0.3 is 5.97 Å². The van der Waals surface area contributed by atoms with Gasteiger partial charge in [-0.05, 0) is 46.5 Å². The maximum Gasteiger partial charge on any atom is 0.338 e. The van der Waals surface area contributed by atoms with Gasteiger partial charge < -0.3 is 9.47 Å². The number of carbonyl (C=O) groups is 1. The Kier molecular flexibility index (Phi) is 3.54. The van der Waals surface area contributed by atoms with Gasteiger partial charge in [0.1, 0.15) is 0 Å². The number of esters is 1. The van der Waals surface area contributed by atoms with Crippen LogP contribution >= 0.6 is 0 Å². The number of ether oxygens (including phenoxy) is 2. The number of carbonyl (C=O) groups excluding carboxylic acids is 1. The quantitative estimate of drug-likeness (QED) is 0.525. The van der Waals surface area contributed by atoms with E-state index in [-0.39, 0.29) is 5.97 Å². The minimum Gasteiger partial charge on any atom is -0.463 e. The van der Waals surface area contributed by atoms with Crippen LogP contribution in [0, 0.1) is 6.92 Å². The summed E-state index contributed by atoms with van der Waals surface area (Å²) in [6.45, 7) is 4.81. The Bertz CT molecular complexity index is 887. The van der Waals surface area contributed by atoms with Crippen molar-refractivity contribution in [3.63, 3.8) is 0 Å². The van der Waals surface area contributed by atoms with Crippen molar-refractivity contribution in [2.24, 2.45) is 0 Å². The van der Waals surface area contributed by atoms with E-state index in [0.29, 0.717) is 19.6 Å². The van der Waals surface area contributed by atoms with Crippen LogP contribution in [0.2, 0.25) is 0 Å². The predicted octanol–water partition coefficient (Wildman–Crippen LogP) is 4.52. The molecule has 4 rings (SSSR count). The normalized spacial score (nSPS) is 20.7. The number of cyclic esters (lactones) is 1. The fourth-order valence-electron chi connectivity index (χ4n) is 3.55. The Morgan fingerprint density at radius 1 is 1.00 bits per heavy atom. The van der Waals surface area contributed by atoms with Crippen molar-refractivity contribution in [1.82, 2.24) is 0 Å². The van der Waals surface area contributed by atoms with Crippen molar-refractivity contribution >= 4 is 27.5 Å². The number of aryl methyl sites for hydroxylation is 1. The first-order chi connectivity index (χ1) is 11.6. The highest BCUT2D eigenvalue weighted by Crippen LogP contribution is 2.34. The molecule has 0 bridgehead atoms. The van der Waals surface area contributed by atoms with Gasteiger partial charge in [-0.3, -0.25) is 0 Å². The van der Waals surface area contributed by atoms with Gasteiger partial charge in [0.2, 0.25) is 0 Å². The van der Waals surface area contributed by atoms with Gasteiger partial charge in [-0.2, -0.15) is 0 Å². The lowest BCUT2D eigenvalue weighted by Crippen LogP contribution is -2.33. The van der Waals surface area contributed by atoms with Crippen molar-refractivity contribution in [3.05, 3.63) is 59.7 Å². The summed E-state index contributed by atoms with van der Waals surface area (Å²) in [6.07, 6.45) is 0.605. The zero-order valence-corrected chi connectivity index (χ0v) is 14.0. The highest BCUT2D eigenvalue weighted by molar-refractivity contribution is 6.05. The Labute approximate surface area is 141 Å². The first-order valence-corrected chi connectivity index (χ1v) is 8.30. The number of benzene rings is 3. The summed E-state index contributed by atoms with van der Waals surface area (Å²) in [7, 11) is 0. The maximum atomic E-state index is 12.0. The van der Waals surface area contributed by atoms with E-state index < -0.39 is 5.60 Å². The summed E-state index contributed by atoms with van der Waals surface area (Å²) in [5, 5.41) is 4.83. The largest absolute Gasteiger partial charge is 0.463 e. The molecule has 0 radical (unpaired) electrons. The van der Waals surface area contributed by atoms with Gasteiger partial charge in [0, 0.05) is 6.42 Å². The number of hydrogen-bond acceptors (Lipinski definition) is 3. The van der Waals surface area contributed by atoms with Crippen LogP contribution in [0.3, 0.4) is 0 Å². The zero-order chi connectivity index (χ0) is 16.7. The summed E-state index contributed by atoms with van der Waals surface area (Å²) >= 11 is 0. The molecule has 3 nitrogen and oxygen atoms in total. The molecular formula is C21H20O3. The molecular weight excluding hydrogens is 300 g/mol. The highest BCUT2D eigenvalue weighted by Gasteiger charge is 2.41. The van der Waals surface area contributed by atoms with Crippen molar-refractivity contribution in [2.45, 2.75) is 32.5 Å². The van der Waals surface area contributed by atoms with Crippen LogP contribution in [0.15, 0.2) is 48.5 Å². The van der Waals surface area contributed by atoms with E-state index in [1.54, 1.807) is 0 Å². The smallest absolute Gasteiger partial charge is 0.338 e. The topological polar surface area (TPSA) is 35.5 Å². The fourth-order valence-corrected chi connectivity index (χ4v) is 3.55. The molecule has 1 heterocycles. The Balaban J connectivity index is 1.86. The monoisotopic (exact) mass is 320 g/mol. The molecule has 1 unspecified atom stereocenters. The lowest BCUT2D eigenvalue weighted by atomic mass is 9.92. The molecule has 122 valence electrons. The van der Waals surface area contributed by atoms with E-state index in [0.717, 1.165) is 5.56 Å². The summed E-state index contributed by atoms with van der Waals surface area (Å²) < 4.78 is 11.2. The second-order valence-electron chi connectivity index (χ2n) is 6.60. The van der Waals surface area contributed by atoms with Gasteiger partial charge in [0.05, 0.1) is 13.2 Å². The van der Waals surface area contributed by atoms with Crippen molar-refractivity contribution in [2.75, 3.05) is 6.61 Å². The molecule has 3 heteroatoms. The standard InChI is InChI=1S/C21H20O3/c1-14-15-7-3-5-9-17(15)19(18-10-6-4-8-16(14)18)13-24-21(2)11-12-23-20(21)22/h3-10H,11-13H2,1-2H3. The molecule has 3 aromatic rings. The molecule has 24 heavy (non-hydrogen) atoms. The Morgan fingerprint density at radius 3 is 2.04 bits per heavy atom. The summed E-state index contributed by atoms with van der Waals surface area (Å²) in [5.41, 5.74) is 1.57. The van der Waals surface area contributed by atoms with Crippen LogP contribution < -0.4 is 0 Å². The van der Waals surface area contributed by atoms with Crippen LogP contribution in [-0.4, -0.2) is 18.2 Å². The first-order valence-electron chi connectivity index (χ1n) is 8.30. The van der Waals surface area contributed by atoms with E-state index in [1.165, 1.54) is 27.1 Å². The lowest BCUT2D eigenvalue weighted by Gasteiger charge is -2.22. The zero-order valence-electron chi connectivity index (χ0n) is 14.0. The van der Waals surface area contributed by atoms with E-state index >= 15 is 0 Å².